The monoisotopic (exact) mass is 568 g/mol. The zero-order valence-electron chi connectivity index (χ0n) is 21.7. The molecule has 4 atom stereocenters. The molecule has 1 saturated heterocycles. The molecule has 2 aromatic carbocycles. The van der Waals surface area contributed by atoms with Crippen molar-refractivity contribution in [3.8, 4) is 0 Å². The number of nitrogens with zero attached hydrogens (tertiary/aromatic N) is 2. The highest BCUT2D eigenvalue weighted by Crippen LogP contribution is 2.50. The van der Waals surface area contributed by atoms with Crippen molar-refractivity contribution in [1.82, 2.24) is 9.88 Å². The molecule has 1 N–H and O–H groups in total. The van der Waals surface area contributed by atoms with Gasteiger partial charge in [-0.25, -0.2) is 4.79 Å². The number of carbonyl (C=O) groups excluding carboxylic acids is 2. The van der Waals surface area contributed by atoms with Crippen molar-refractivity contribution in [3.05, 3.63) is 99.3 Å². The third kappa shape index (κ3) is 5.68. The minimum atomic E-state index is -1.31. The second kappa shape index (κ2) is 11.3. The number of aliphatic hydroxyl groups is 1. The average molecular weight is 569 g/mol. The van der Waals surface area contributed by atoms with Crippen molar-refractivity contribution in [1.29, 1.82) is 0 Å². The third-order valence-electron chi connectivity index (χ3n) is 7.52. The Balaban J connectivity index is 1.60. The van der Waals surface area contributed by atoms with Crippen LogP contribution in [0.3, 0.4) is 0 Å². The van der Waals surface area contributed by atoms with E-state index in [1.165, 1.54) is 13.3 Å². The lowest BCUT2D eigenvalue weighted by Gasteiger charge is -2.51. The number of pyridine rings is 1. The molecule has 0 radical (unpaired) electrons. The lowest BCUT2D eigenvalue weighted by atomic mass is 9.85. The van der Waals surface area contributed by atoms with Crippen LogP contribution in [0.2, 0.25) is 10.0 Å². The standard InChI is InChI=1S/C30H30Cl2N2O5/c1-30(15-24-13-10-21(16-33-24)28(36)38-2)29(37)34(25(17-35)18-6-7-18)26(19-8-11-22(31)12-9-19)27(39-30)20-4-3-5-23(32)14-20/h3-5,8-14,16,18,25-27,35H,6-7,15,17H2,1-2H3/t25?,26?,27?,30-/m1/s1. The smallest absolute Gasteiger partial charge is 0.339 e. The van der Waals surface area contributed by atoms with Gasteiger partial charge in [0.2, 0.25) is 0 Å². The van der Waals surface area contributed by atoms with Gasteiger partial charge in [0.1, 0.15) is 6.10 Å². The highest BCUT2D eigenvalue weighted by molar-refractivity contribution is 6.30. The molecule has 2 heterocycles. The number of amides is 1. The Morgan fingerprint density at radius 2 is 1.87 bits per heavy atom. The first-order chi connectivity index (χ1) is 18.7. The maximum absolute atomic E-state index is 14.4. The van der Waals surface area contributed by atoms with Gasteiger partial charge in [-0.2, -0.15) is 0 Å². The number of aliphatic hydroxyl groups excluding tert-OH is 1. The van der Waals surface area contributed by atoms with Gasteiger partial charge in [-0.3, -0.25) is 9.78 Å². The topological polar surface area (TPSA) is 89.0 Å². The van der Waals surface area contributed by atoms with Gasteiger partial charge in [0.05, 0.1) is 31.4 Å². The molecule has 1 aliphatic carbocycles. The molecule has 1 aliphatic heterocycles. The Bertz CT molecular complexity index is 1350. The van der Waals surface area contributed by atoms with Crippen LogP contribution < -0.4 is 0 Å². The molecule has 1 aromatic heterocycles. The minimum absolute atomic E-state index is 0.162. The van der Waals surface area contributed by atoms with Gasteiger partial charge in [0, 0.05) is 28.4 Å². The minimum Gasteiger partial charge on any atom is -0.465 e. The lowest BCUT2D eigenvalue weighted by molar-refractivity contribution is -0.205. The molecule has 5 rings (SSSR count). The predicted octanol–water partition coefficient (Wildman–Crippen LogP) is 5.59. The van der Waals surface area contributed by atoms with E-state index in [0.29, 0.717) is 21.3 Å². The van der Waals surface area contributed by atoms with Crippen molar-refractivity contribution in [2.75, 3.05) is 13.7 Å². The van der Waals surface area contributed by atoms with Gasteiger partial charge in [-0.15, -0.1) is 0 Å². The molecule has 204 valence electrons. The number of benzene rings is 2. The first-order valence-electron chi connectivity index (χ1n) is 12.9. The number of methoxy groups -OCH3 is 1. The van der Waals surface area contributed by atoms with Gasteiger partial charge >= 0.3 is 5.97 Å². The zero-order valence-corrected chi connectivity index (χ0v) is 23.2. The fourth-order valence-electron chi connectivity index (χ4n) is 5.40. The molecule has 0 bridgehead atoms. The second-order valence-electron chi connectivity index (χ2n) is 10.3. The van der Waals surface area contributed by atoms with Crippen LogP contribution in [-0.2, 0) is 20.7 Å². The van der Waals surface area contributed by atoms with E-state index in [1.54, 1.807) is 37.3 Å². The molecule has 1 amide bonds. The summed E-state index contributed by atoms with van der Waals surface area (Å²) < 4.78 is 11.5. The first-order valence-corrected chi connectivity index (χ1v) is 13.7. The molecule has 0 spiro atoms. The van der Waals surface area contributed by atoms with Crippen LogP contribution in [0.4, 0.5) is 0 Å². The number of ether oxygens (including phenoxy) is 2. The van der Waals surface area contributed by atoms with Gasteiger partial charge < -0.3 is 19.5 Å². The fourth-order valence-corrected chi connectivity index (χ4v) is 5.73. The molecular weight excluding hydrogens is 539 g/mol. The Morgan fingerprint density at radius 1 is 1.13 bits per heavy atom. The number of carbonyl (C=O) groups is 2. The summed E-state index contributed by atoms with van der Waals surface area (Å²) in [5.41, 5.74) is 1.25. The van der Waals surface area contributed by atoms with Crippen molar-refractivity contribution in [2.24, 2.45) is 5.92 Å². The van der Waals surface area contributed by atoms with E-state index in [9.17, 15) is 14.7 Å². The molecular formula is C30H30Cl2N2O5. The Kier molecular flexibility index (Phi) is 7.96. The molecule has 3 unspecified atom stereocenters. The van der Waals surface area contributed by atoms with Crippen molar-refractivity contribution >= 4 is 35.1 Å². The average Bonchev–Trinajstić information content (AvgIpc) is 3.77. The lowest BCUT2D eigenvalue weighted by Crippen LogP contribution is -2.62. The number of morpholine rings is 1. The predicted molar refractivity (Wildman–Crippen MR) is 148 cm³/mol. The highest BCUT2D eigenvalue weighted by Gasteiger charge is 2.54. The van der Waals surface area contributed by atoms with E-state index in [0.717, 1.165) is 24.0 Å². The van der Waals surface area contributed by atoms with Crippen LogP contribution in [-0.4, -0.2) is 52.2 Å². The number of hydrogen-bond donors (Lipinski definition) is 1. The molecule has 1 saturated carbocycles. The first kappa shape index (κ1) is 27.6. The van der Waals surface area contributed by atoms with E-state index in [4.69, 9.17) is 32.7 Å². The van der Waals surface area contributed by atoms with Crippen LogP contribution in [0.25, 0.3) is 0 Å². The molecule has 7 nitrogen and oxygen atoms in total. The maximum atomic E-state index is 14.4. The molecule has 39 heavy (non-hydrogen) atoms. The van der Waals surface area contributed by atoms with Gasteiger partial charge in [-0.05, 0) is 73.2 Å². The van der Waals surface area contributed by atoms with Crippen LogP contribution in [0.15, 0.2) is 66.9 Å². The highest BCUT2D eigenvalue weighted by atomic mass is 35.5. The fraction of sp³-hybridized carbons (Fsp3) is 0.367. The van der Waals surface area contributed by atoms with Crippen LogP contribution in [0, 0.1) is 5.92 Å². The Labute approximate surface area is 237 Å². The number of aromatic nitrogens is 1. The number of halogens is 2. The summed E-state index contributed by atoms with van der Waals surface area (Å²) in [5, 5.41) is 11.7. The van der Waals surface area contributed by atoms with Crippen LogP contribution >= 0.6 is 23.2 Å². The Hall–Kier alpha value is -2.97. The van der Waals surface area contributed by atoms with E-state index in [2.05, 4.69) is 4.98 Å². The Morgan fingerprint density at radius 3 is 2.46 bits per heavy atom. The van der Waals surface area contributed by atoms with Crippen molar-refractivity contribution in [3.63, 3.8) is 0 Å². The number of hydrogen-bond acceptors (Lipinski definition) is 6. The number of rotatable bonds is 8. The summed E-state index contributed by atoms with van der Waals surface area (Å²) >= 11 is 12.6. The van der Waals surface area contributed by atoms with Gasteiger partial charge in [0.25, 0.3) is 5.91 Å². The van der Waals surface area contributed by atoms with Crippen molar-refractivity contribution in [2.45, 2.75) is 50.0 Å². The van der Waals surface area contributed by atoms with E-state index in [1.807, 2.05) is 35.2 Å². The quantitative estimate of drug-likeness (QED) is 0.356. The molecule has 3 aromatic rings. The summed E-state index contributed by atoms with van der Waals surface area (Å²) in [6.45, 7) is 1.60. The summed E-state index contributed by atoms with van der Waals surface area (Å²) in [6, 6.07) is 17.2. The SMILES string of the molecule is COC(=O)c1ccc(C[C@@]2(C)OC(c3cccc(Cl)c3)C(c3ccc(Cl)cc3)N(C(CO)C3CC3)C2=O)nc1. The molecule has 2 fully saturated rings. The van der Waals surface area contributed by atoms with Gasteiger partial charge in [0.15, 0.2) is 5.60 Å². The normalized spacial score (nSPS) is 23.9. The van der Waals surface area contributed by atoms with E-state index in [-0.39, 0.29) is 30.9 Å². The largest absolute Gasteiger partial charge is 0.465 e. The van der Waals surface area contributed by atoms with Gasteiger partial charge in [-0.1, -0.05) is 47.5 Å². The van der Waals surface area contributed by atoms with E-state index < -0.39 is 23.7 Å². The zero-order chi connectivity index (χ0) is 27.7. The van der Waals surface area contributed by atoms with Crippen molar-refractivity contribution < 1.29 is 24.2 Å². The third-order valence-corrected chi connectivity index (χ3v) is 8.01. The molecule has 9 heteroatoms. The van der Waals surface area contributed by atoms with Crippen LogP contribution in [0.5, 0.6) is 0 Å². The maximum Gasteiger partial charge on any atom is 0.339 e. The summed E-state index contributed by atoms with van der Waals surface area (Å²) in [7, 11) is 1.31. The summed E-state index contributed by atoms with van der Waals surface area (Å²) in [6.07, 6.45) is 2.89. The summed E-state index contributed by atoms with van der Waals surface area (Å²) in [5.74, 6) is -0.516. The van der Waals surface area contributed by atoms with E-state index >= 15 is 0 Å². The number of esters is 1. The molecule has 2 aliphatic rings. The second-order valence-corrected chi connectivity index (χ2v) is 11.2. The summed E-state index contributed by atoms with van der Waals surface area (Å²) in [4.78, 5) is 32.6. The van der Waals surface area contributed by atoms with Crippen LogP contribution in [0.1, 0.15) is 59.1 Å².